The van der Waals surface area contributed by atoms with Gasteiger partial charge in [-0.15, -0.1) is 11.3 Å². The third-order valence-corrected chi connectivity index (χ3v) is 5.73. The van der Waals surface area contributed by atoms with Crippen LogP contribution in [-0.4, -0.2) is 14.0 Å². The number of nitriles is 2. The molecule has 5 nitrogen and oxygen atoms in total. The molecule has 0 spiro atoms. The first-order valence-corrected chi connectivity index (χ1v) is 7.68. The van der Waals surface area contributed by atoms with Gasteiger partial charge >= 0.3 is 0 Å². The van der Waals surface area contributed by atoms with E-state index in [4.69, 9.17) is 10.5 Å². The molecular formula is C11H13N3O2S2. The summed E-state index contributed by atoms with van der Waals surface area (Å²) in [6.07, 6.45) is 0.769. The van der Waals surface area contributed by atoms with E-state index in [-0.39, 0.29) is 4.21 Å². The molecule has 1 heterocycles. The third-order valence-electron chi connectivity index (χ3n) is 2.71. The largest absolute Gasteiger partial charge is 0.251 e. The van der Waals surface area contributed by atoms with Gasteiger partial charge in [-0.25, -0.2) is 8.42 Å². The maximum atomic E-state index is 12.1. The summed E-state index contributed by atoms with van der Waals surface area (Å²) < 4.78 is 26.7. The van der Waals surface area contributed by atoms with Gasteiger partial charge < -0.3 is 0 Å². The molecule has 0 atom stereocenters. The molecule has 0 amide bonds. The quantitative estimate of drug-likeness (QED) is 0.894. The van der Waals surface area contributed by atoms with Crippen LogP contribution in [0.5, 0.6) is 0 Å². The smallest absolute Gasteiger partial charge is 0.206 e. The summed E-state index contributed by atoms with van der Waals surface area (Å²) in [5.74, 6) is 0. The van der Waals surface area contributed by atoms with Crippen LogP contribution in [0.25, 0.3) is 0 Å². The first kappa shape index (κ1) is 14.7. The Labute approximate surface area is 111 Å². The minimum absolute atomic E-state index is 0.0561. The second-order valence-corrected chi connectivity index (χ2v) is 6.73. The van der Waals surface area contributed by atoms with E-state index in [2.05, 4.69) is 4.72 Å². The molecule has 7 heteroatoms. The molecule has 0 bridgehead atoms. The summed E-state index contributed by atoms with van der Waals surface area (Å²) in [6, 6.07) is 6.72. The number of nitrogens with one attached hydrogen (secondary N) is 1. The lowest BCUT2D eigenvalue weighted by molar-refractivity contribution is 0.447. The summed E-state index contributed by atoms with van der Waals surface area (Å²) in [5.41, 5.74) is -1.09. The van der Waals surface area contributed by atoms with Gasteiger partial charge in [0.15, 0.2) is 0 Å². The van der Waals surface area contributed by atoms with Crippen molar-refractivity contribution in [3.8, 4) is 12.1 Å². The first-order valence-electron chi connectivity index (χ1n) is 5.38. The van der Waals surface area contributed by atoms with E-state index in [0.29, 0.717) is 17.7 Å². The van der Waals surface area contributed by atoms with Crippen LogP contribution < -0.4 is 4.72 Å². The van der Waals surface area contributed by atoms with Crippen molar-refractivity contribution in [1.29, 1.82) is 10.5 Å². The number of sulfonamides is 1. The fourth-order valence-electron chi connectivity index (χ4n) is 1.41. The van der Waals surface area contributed by atoms with Gasteiger partial charge in [-0.05, 0) is 25.0 Å². The van der Waals surface area contributed by atoms with E-state index in [1.165, 1.54) is 12.1 Å². The lowest BCUT2D eigenvalue weighted by atomic mass is 9.97. The van der Waals surface area contributed by atoms with Gasteiger partial charge in [-0.3, -0.25) is 0 Å². The Bertz CT molecular complexity index is 601. The Morgan fingerprint density at radius 1 is 1.33 bits per heavy atom. The molecule has 0 fully saturated rings. The average Bonchev–Trinajstić information content (AvgIpc) is 2.85. The zero-order valence-corrected chi connectivity index (χ0v) is 11.7. The molecule has 0 aliphatic rings. The summed E-state index contributed by atoms with van der Waals surface area (Å²) >= 11 is 0.891. The molecule has 1 aromatic rings. The minimum Gasteiger partial charge on any atom is -0.206 e. The van der Waals surface area contributed by atoms with Gasteiger partial charge in [0, 0.05) is 0 Å². The average molecular weight is 283 g/mol. The standard InChI is InChI=1S/C11H13N3O2S2/c1-3-11(4-2,8-13)14-18(15,16)10-6-5-9(7-12)17-10/h5-6,14H,3-4H2,1-2H3. The summed E-state index contributed by atoms with van der Waals surface area (Å²) in [7, 11) is -3.75. The van der Waals surface area contributed by atoms with Crippen molar-refractivity contribution in [3.05, 3.63) is 17.0 Å². The highest BCUT2D eigenvalue weighted by atomic mass is 32.2. The molecule has 0 aliphatic heterocycles. The molecule has 0 saturated heterocycles. The van der Waals surface area contributed by atoms with Crippen LogP contribution in [0.4, 0.5) is 0 Å². The third kappa shape index (κ3) is 2.88. The molecule has 0 aliphatic carbocycles. The molecule has 18 heavy (non-hydrogen) atoms. The van der Waals surface area contributed by atoms with Gasteiger partial charge in [-0.1, -0.05) is 13.8 Å². The molecule has 0 unspecified atom stereocenters. The van der Waals surface area contributed by atoms with Crippen molar-refractivity contribution in [1.82, 2.24) is 4.72 Å². The van der Waals surface area contributed by atoms with Crippen molar-refractivity contribution in [2.75, 3.05) is 0 Å². The topological polar surface area (TPSA) is 93.8 Å². The predicted octanol–water partition coefficient (Wildman–Crippen LogP) is 1.98. The van der Waals surface area contributed by atoms with Crippen molar-refractivity contribution in [2.24, 2.45) is 0 Å². The Kier molecular flexibility index (Phi) is 4.47. The van der Waals surface area contributed by atoms with Crippen LogP contribution in [0, 0.1) is 22.7 Å². The van der Waals surface area contributed by atoms with E-state index in [0.717, 1.165) is 11.3 Å². The normalized spacial score (nSPS) is 11.8. The molecule has 1 aromatic heterocycles. The molecule has 0 saturated carbocycles. The fourth-order valence-corrected chi connectivity index (χ4v) is 3.97. The summed E-state index contributed by atoms with van der Waals surface area (Å²) in [4.78, 5) is 0.325. The molecule has 1 rings (SSSR count). The number of rotatable bonds is 5. The number of hydrogen-bond acceptors (Lipinski definition) is 5. The molecular weight excluding hydrogens is 270 g/mol. The van der Waals surface area contributed by atoms with Crippen molar-refractivity contribution in [3.63, 3.8) is 0 Å². The highest BCUT2D eigenvalue weighted by Crippen LogP contribution is 2.24. The van der Waals surface area contributed by atoms with Gasteiger partial charge in [-0.2, -0.15) is 15.2 Å². The van der Waals surface area contributed by atoms with E-state index in [1.54, 1.807) is 13.8 Å². The lowest BCUT2D eigenvalue weighted by Gasteiger charge is -2.23. The Hall–Kier alpha value is -1.41. The molecule has 0 radical (unpaired) electrons. The van der Waals surface area contributed by atoms with Crippen molar-refractivity contribution >= 4 is 21.4 Å². The van der Waals surface area contributed by atoms with E-state index in [1.807, 2.05) is 12.1 Å². The van der Waals surface area contributed by atoms with Crippen LogP contribution in [-0.2, 0) is 10.0 Å². The second-order valence-electron chi connectivity index (χ2n) is 3.74. The van der Waals surface area contributed by atoms with Crippen molar-refractivity contribution in [2.45, 2.75) is 36.4 Å². The summed E-state index contributed by atoms with van der Waals surface area (Å²) in [6.45, 7) is 3.51. The molecule has 1 N–H and O–H groups in total. The van der Waals surface area contributed by atoms with Crippen LogP contribution >= 0.6 is 11.3 Å². The lowest BCUT2D eigenvalue weighted by Crippen LogP contribution is -2.46. The molecule has 0 aromatic carbocycles. The predicted molar refractivity (Wildman–Crippen MR) is 68.3 cm³/mol. The minimum atomic E-state index is -3.75. The Morgan fingerprint density at radius 3 is 2.33 bits per heavy atom. The number of nitrogens with zero attached hydrogens (tertiary/aromatic N) is 2. The highest BCUT2D eigenvalue weighted by molar-refractivity contribution is 7.91. The fraction of sp³-hybridized carbons (Fsp3) is 0.455. The van der Waals surface area contributed by atoms with E-state index in [9.17, 15) is 8.42 Å². The van der Waals surface area contributed by atoms with Crippen LogP contribution in [0.15, 0.2) is 16.3 Å². The highest BCUT2D eigenvalue weighted by Gasteiger charge is 2.32. The van der Waals surface area contributed by atoms with E-state index >= 15 is 0 Å². The first-order chi connectivity index (χ1) is 8.43. The Morgan fingerprint density at radius 2 is 1.94 bits per heavy atom. The van der Waals surface area contributed by atoms with Gasteiger partial charge in [0.25, 0.3) is 10.0 Å². The van der Waals surface area contributed by atoms with E-state index < -0.39 is 15.6 Å². The van der Waals surface area contributed by atoms with Gasteiger partial charge in [0.05, 0.1) is 6.07 Å². The van der Waals surface area contributed by atoms with Crippen LogP contribution in [0.1, 0.15) is 31.6 Å². The van der Waals surface area contributed by atoms with Crippen LogP contribution in [0.2, 0.25) is 0 Å². The van der Waals surface area contributed by atoms with Gasteiger partial charge in [0.1, 0.15) is 20.7 Å². The second kappa shape index (κ2) is 5.49. The molecule has 96 valence electrons. The zero-order chi connectivity index (χ0) is 13.8. The van der Waals surface area contributed by atoms with Crippen LogP contribution in [0.3, 0.4) is 0 Å². The number of hydrogen-bond donors (Lipinski definition) is 1. The number of thiophene rings is 1. The monoisotopic (exact) mass is 283 g/mol. The van der Waals surface area contributed by atoms with Gasteiger partial charge in [0.2, 0.25) is 0 Å². The maximum absolute atomic E-state index is 12.1. The SMILES string of the molecule is CCC(C#N)(CC)NS(=O)(=O)c1ccc(C#N)s1. The van der Waals surface area contributed by atoms with Crippen molar-refractivity contribution < 1.29 is 8.42 Å². The maximum Gasteiger partial charge on any atom is 0.251 e. The summed E-state index contributed by atoms with van der Waals surface area (Å²) in [5, 5.41) is 17.8. The Balaban J connectivity index is 3.10. The zero-order valence-electron chi connectivity index (χ0n) is 10.1.